The predicted molar refractivity (Wildman–Crippen MR) is 77.2 cm³/mol. The zero-order valence-electron chi connectivity index (χ0n) is 11.5. The van der Waals surface area contributed by atoms with Crippen molar-refractivity contribution in [3.05, 3.63) is 40.0 Å². The van der Waals surface area contributed by atoms with Gasteiger partial charge in [0.1, 0.15) is 0 Å². The van der Waals surface area contributed by atoms with Crippen LogP contribution in [-0.4, -0.2) is 19.0 Å². The third kappa shape index (κ3) is 1.89. The predicted octanol–water partition coefficient (Wildman–Crippen LogP) is 2.21. The summed E-state index contributed by atoms with van der Waals surface area (Å²) in [7, 11) is 0. The Labute approximate surface area is 113 Å². The Morgan fingerprint density at radius 3 is 2.79 bits per heavy atom. The van der Waals surface area contributed by atoms with Crippen LogP contribution >= 0.6 is 0 Å². The lowest BCUT2D eigenvalue weighted by molar-refractivity contribution is 0.0999. The molecule has 100 valence electrons. The van der Waals surface area contributed by atoms with Gasteiger partial charge in [-0.05, 0) is 67.5 Å². The Kier molecular flexibility index (Phi) is 2.94. The molecule has 3 rings (SSSR count). The van der Waals surface area contributed by atoms with Crippen LogP contribution in [0.25, 0.3) is 5.57 Å². The average molecular weight is 256 g/mol. The van der Waals surface area contributed by atoms with Crippen molar-refractivity contribution in [3.8, 4) is 0 Å². The monoisotopic (exact) mass is 256 g/mol. The Morgan fingerprint density at radius 2 is 2.16 bits per heavy atom. The largest absolute Gasteiger partial charge is 0.366 e. The molecule has 19 heavy (non-hydrogen) atoms. The van der Waals surface area contributed by atoms with Gasteiger partial charge in [0.05, 0.1) is 0 Å². The van der Waals surface area contributed by atoms with Gasteiger partial charge < -0.3 is 11.1 Å². The van der Waals surface area contributed by atoms with Gasteiger partial charge in [0.25, 0.3) is 0 Å². The smallest absolute Gasteiger partial charge is 0.249 e. The van der Waals surface area contributed by atoms with E-state index in [1.54, 1.807) is 0 Å². The maximum atomic E-state index is 11.6. The van der Waals surface area contributed by atoms with Crippen LogP contribution in [0.15, 0.2) is 17.7 Å². The molecule has 0 saturated carbocycles. The standard InChI is InChI=1S/C16H20N2O/c1-9-7-14-13(16(17)19)4-3-12(15(14)10(9)2)11-5-6-18-8-11/h3-4,11,18H,5-8H2,1-2H3,(H2,17,19). The van der Waals surface area contributed by atoms with Crippen LogP contribution in [0.1, 0.15) is 53.2 Å². The van der Waals surface area contributed by atoms with Crippen molar-refractivity contribution in [2.45, 2.75) is 32.6 Å². The summed E-state index contributed by atoms with van der Waals surface area (Å²) in [6.45, 7) is 6.43. The molecule has 1 aliphatic carbocycles. The summed E-state index contributed by atoms with van der Waals surface area (Å²) in [5, 5.41) is 3.42. The number of rotatable bonds is 2. The van der Waals surface area contributed by atoms with Gasteiger partial charge in [-0.25, -0.2) is 0 Å². The number of nitrogens with one attached hydrogen (secondary N) is 1. The highest BCUT2D eigenvalue weighted by molar-refractivity contribution is 5.97. The van der Waals surface area contributed by atoms with Crippen LogP contribution in [0.4, 0.5) is 0 Å². The second-order valence-electron chi connectivity index (χ2n) is 5.69. The average Bonchev–Trinajstić information content (AvgIpc) is 2.98. The highest BCUT2D eigenvalue weighted by atomic mass is 16.1. The molecule has 3 N–H and O–H groups in total. The summed E-state index contributed by atoms with van der Waals surface area (Å²) in [6.07, 6.45) is 2.04. The minimum Gasteiger partial charge on any atom is -0.366 e. The third-order valence-corrected chi connectivity index (χ3v) is 4.57. The third-order valence-electron chi connectivity index (χ3n) is 4.57. The first-order valence-electron chi connectivity index (χ1n) is 6.92. The molecule has 1 unspecified atom stereocenters. The van der Waals surface area contributed by atoms with Crippen LogP contribution in [-0.2, 0) is 6.42 Å². The summed E-state index contributed by atoms with van der Waals surface area (Å²) >= 11 is 0. The van der Waals surface area contributed by atoms with Crippen molar-refractivity contribution in [1.82, 2.24) is 5.32 Å². The molecule has 0 spiro atoms. The van der Waals surface area contributed by atoms with E-state index in [1.165, 1.54) is 28.7 Å². The minimum absolute atomic E-state index is 0.310. The quantitative estimate of drug-likeness (QED) is 0.852. The van der Waals surface area contributed by atoms with Crippen molar-refractivity contribution in [2.75, 3.05) is 13.1 Å². The van der Waals surface area contributed by atoms with E-state index in [4.69, 9.17) is 5.73 Å². The van der Waals surface area contributed by atoms with Crippen molar-refractivity contribution in [3.63, 3.8) is 0 Å². The van der Waals surface area contributed by atoms with E-state index in [1.807, 2.05) is 6.07 Å². The van der Waals surface area contributed by atoms with E-state index < -0.39 is 0 Å². The molecule has 1 amide bonds. The van der Waals surface area contributed by atoms with Crippen molar-refractivity contribution in [2.24, 2.45) is 5.73 Å². The molecule has 1 fully saturated rings. The molecule has 2 aliphatic rings. The van der Waals surface area contributed by atoms with E-state index in [0.29, 0.717) is 11.5 Å². The zero-order chi connectivity index (χ0) is 13.6. The van der Waals surface area contributed by atoms with Gasteiger partial charge in [-0.3, -0.25) is 4.79 Å². The highest BCUT2D eigenvalue weighted by Crippen LogP contribution is 2.40. The number of carbonyl (C=O) groups excluding carboxylic acids is 1. The van der Waals surface area contributed by atoms with E-state index >= 15 is 0 Å². The fraction of sp³-hybridized carbons (Fsp3) is 0.438. The summed E-state index contributed by atoms with van der Waals surface area (Å²) in [5.41, 5.74) is 12.7. The molecule has 3 heteroatoms. The SMILES string of the molecule is CC1=C(C)c2c(C3CCNC3)ccc(C(N)=O)c2C1. The molecule has 0 radical (unpaired) electrons. The molecule has 1 atom stereocenters. The van der Waals surface area contributed by atoms with Gasteiger partial charge in [-0.1, -0.05) is 11.6 Å². The molecule has 0 aromatic heterocycles. The number of fused-ring (bicyclic) bond motifs is 1. The summed E-state index contributed by atoms with van der Waals surface area (Å²) in [5.74, 6) is 0.256. The summed E-state index contributed by atoms with van der Waals surface area (Å²) < 4.78 is 0. The lowest BCUT2D eigenvalue weighted by Gasteiger charge is -2.17. The van der Waals surface area contributed by atoms with Gasteiger partial charge >= 0.3 is 0 Å². The summed E-state index contributed by atoms with van der Waals surface area (Å²) in [4.78, 5) is 11.6. The molecule has 1 aromatic carbocycles. The second kappa shape index (κ2) is 4.49. The Bertz CT molecular complexity index is 581. The van der Waals surface area contributed by atoms with Gasteiger partial charge in [0.2, 0.25) is 5.91 Å². The van der Waals surface area contributed by atoms with Crippen molar-refractivity contribution < 1.29 is 4.79 Å². The van der Waals surface area contributed by atoms with E-state index in [2.05, 4.69) is 25.2 Å². The normalized spacial score (nSPS) is 21.9. The maximum absolute atomic E-state index is 11.6. The van der Waals surface area contributed by atoms with Crippen molar-refractivity contribution in [1.29, 1.82) is 0 Å². The fourth-order valence-electron chi connectivity index (χ4n) is 3.39. The van der Waals surface area contributed by atoms with E-state index in [-0.39, 0.29) is 5.91 Å². The zero-order valence-corrected chi connectivity index (χ0v) is 11.5. The Morgan fingerprint density at radius 1 is 1.37 bits per heavy atom. The highest BCUT2D eigenvalue weighted by Gasteiger charge is 2.28. The molecule has 1 aliphatic heterocycles. The van der Waals surface area contributed by atoms with Gasteiger partial charge in [0.15, 0.2) is 0 Å². The Hall–Kier alpha value is -1.61. The number of allylic oxidation sites excluding steroid dienone is 2. The number of primary amides is 1. The second-order valence-corrected chi connectivity index (χ2v) is 5.69. The van der Waals surface area contributed by atoms with E-state index in [0.717, 1.165) is 25.1 Å². The van der Waals surface area contributed by atoms with Gasteiger partial charge in [-0.2, -0.15) is 0 Å². The Balaban J connectivity index is 2.17. The van der Waals surface area contributed by atoms with E-state index in [9.17, 15) is 4.79 Å². The molecular weight excluding hydrogens is 236 g/mol. The number of amides is 1. The first-order valence-corrected chi connectivity index (χ1v) is 6.92. The summed E-state index contributed by atoms with van der Waals surface area (Å²) in [6, 6.07) is 4.03. The molecule has 1 aromatic rings. The van der Waals surface area contributed by atoms with Crippen LogP contribution < -0.4 is 11.1 Å². The molecular formula is C16H20N2O. The van der Waals surface area contributed by atoms with Gasteiger partial charge in [-0.15, -0.1) is 0 Å². The lowest BCUT2D eigenvalue weighted by atomic mass is 9.87. The van der Waals surface area contributed by atoms with Crippen molar-refractivity contribution >= 4 is 11.5 Å². The number of benzene rings is 1. The number of carbonyl (C=O) groups is 1. The number of hydrogen-bond acceptors (Lipinski definition) is 2. The number of nitrogens with two attached hydrogens (primary N) is 1. The minimum atomic E-state index is -0.310. The molecule has 1 saturated heterocycles. The molecule has 0 bridgehead atoms. The topological polar surface area (TPSA) is 55.1 Å². The lowest BCUT2D eigenvalue weighted by Crippen LogP contribution is -2.16. The molecule has 3 nitrogen and oxygen atoms in total. The van der Waals surface area contributed by atoms with Crippen LogP contribution in [0.5, 0.6) is 0 Å². The van der Waals surface area contributed by atoms with Crippen LogP contribution in [0.2, 0.25) is 0 Å². The molecule has 1 heterocycles. The van der Waals surface area contributed by atoms with Gasteiger partial charge in [0, 0.05) is 12.1 Å². The fourth-order valence-corrected chi connectivity index (χ4v) is 3.39. The first kappa shape index (κ1) is 12.4. The first-order chi connectivity index (χ1) is 9.09. The van der Waals surface area contributed by atoms with Crippen LogP contribution in [0, 0.1) is 0 Å². The van der Waals surface area contributed by atoms with Crippen LogP contribution in [0.3, 0.4) is 0 Å². The number of hydrogen-bond donors (Lipinski definition) is 2. The maximum Gasteiger partial charge on any atom is 0.249 e.